The lowest BCUT2D eigenvalue weighted by atomic mass is 9.93. The third kappa shape index (κ3) is 12.3. The van der Waals surface area contributed by atoms with E-state index in [-0.39, 0.29) is 29.4 Å². The zero-order chi connectivity index (χ0) is 16.3. The molecule has 0 aliphatic heterocycles. The van der Waals surface area contributed by atoms with E-state index in [4.69, 9.17) is 0 Å². The van der Waals surface area contributed by atoms with Crippen molar-refractivity contribution in [3.63, 3.8) is 0 Å². The largest absolute Gasteiger partial charge is 0.356 e. The maximum atomic E-state index is 4.39. The summed E-state index contributed by atoms with van der Waals surface area (Å²) >= 11 is 0. The third-order valence-electron chi connectivity index (χ3n) is 3.44. The Morgan fingerprint density at radius 1 is 1.18 bits per heavy atom. The highest BCUT2D eigenvalue weighted by Gasteiger charge is 2.19. The molecule has 0 aromatic carbocycles. The van der Waals surface area contributed by atoms with Crippen molar-refractivity contribution in [1.82, 2.24) is 15.1 Å². The quantitative estimate of drug-likeness (QED) is 0.192. The Labute approximate surface area is 155 Å². The van der Waals surface area contributed by atoms with Gasteiger partial charge in [0.1, 0.15) is 0 Å². The molecule has 0 amide bonds. The zero-order valence-corrected chi connectivity index (χ0v) is 17.8. The molecular weight excluding hydrogens is 387 g/mol. The van der Waals surface area contributed by atoms with Gasteiger partial charge < -0.3 is 15.1 Å². The molecule has 0 aromatic rings. The van der Waals surface area contributed by atoms with Crippen LogP contribution in [0.1, 0.15) is 39.5 Å². The summed E-state index contributed by atoms with van der Waals surface area (Å²) in [5.41, 5.74) is 0.226. The summed E-state index contributed by atoms with van der Waals surface area (Å²) in [6.45, 7) is 11.4. The first kappa shape index (κ1) is 24.0. The van der Waals surface area contributed by atoms with Crippen LogP contribution in [0.25, 0.3) is 0 Å². The van der Waals surface area contributed by atoms with Gasteiger partial charge >= 0.3 is 0 Å². The lowest BCUT2D eigenvalue weighted by molar-refractivity contribution is 0.239. The molecule has 0 atom stereocenters. The Bertz CT molecular complexity index is 314. The van der Waals surface area contributed by atoms with E-state index in [2.05, 4.69) is 61.7 Å². The summed E-state index contributed by atoms with van der Waals surface area (Å²) in [5, 5.41) is 3.50. The average Bonchev–Trinajstić information content (AvgIpc) is 2.37. The van der Waals surface area contributed by atoms with Gasteiger partial charge in [0, 0.05) is 33.7 Å². The molecule has 0 rings (SSSR count). The maximum absolute atomic E-state index is 4.39. The second-order valence-electron chi connectivity index (χ2n) is 6.86. The van der Waals surface area contributed by atoms with Crippen molar-refractivity contribution in [1.29, 1.82) is 0 Å². The smallest absolute Gasteiger partial charge is 0.193 e. The number of allylic oxidation sites excluding steroid dienone is 1. The van der Waals surface area contributed by atoms with Gasteiger partial charge in [-0.3, -0.25) is 4.99 Å². The van der Waals surface area contributed by atoms with Gasteiger partial charge in [-0.1, -0.05) is 26.3 Å². The number of rotatable bonds is 10. The lowest BCUT2D eigenvalue weighted by Gasteiger charge is -2.31. The number of unbranched alkanes of at least 4 members (excludes halogenated alkanes) is 3. The number of hydrogen-bond acceptors (Lipinski definition) is 2. The predicted octanol–water partition coefficient (Wildman–Crippen LogP) is 3.45. The molecule has 0 aromatic heterocycles. The van der Waals surface area contributed by atoms with Crippen molar-refractivity contribution in [2.75, 3.05) is 47.8 Å². The number of hydrogen-bond donors (Lipinski definition) is 1. The van der Waals surface area contributed by atoms with Gasteiger partial charge in [0.25, 0.3) is 0 Å². The summed E-state index contributed by atoms with van der Waals surface area (Å²) in [6, 6.07) is 0. The minimum absolute atomic E-state index is 0. The summed E-state index contributed by atoms with van der Waals surface area (Å²) in [6.07, 6.45) is 6.80. The van der Waals surface area contributed by atoms with Crippen molar-refractivity contribution >= 4 is 29.9 Å². The van der Waals surface area contributed by atoms with E-state index in [1.807, 2.05) is 13.1 Å². The highest BCUT2D eigenvalue weighted by atomic mass is 127. The van der Waals surface area contributed by atoms with Gasteiger partial charge in [0.05, 0.1) is 0 Å². The van der Waals surface area contributed by atoms with Gasteiger partial charge in [0.15, 0.2) is 5.96 Å². The summed E-state index contributed by atoms with van der Waals surface area (Å²) < 4.78 is 0. The van der Waals surface area contributed by atoms with Crippen LogP contribution in [0.15, 0.2) is 17.6 Å². The van der Waals surface area contributed by atoms with Gasteiger partial charge in [-0.05, 0) is 38.8 Å². The van der Waals surface area contributed by atoms with E-state index in [0.717, 1.165) is 32.0 Å². The van der Waals surface area contributed by atoms with Crippen LogP contribution in [0.4, 0.5) is 0 Å². The number of nitrogens with zero attached hydrogens (tertiary/aromatic N) is 3. The van der Waals surface area contributed by atoms with E-state index in [1.165, 1.54) is 19.3 Å². The second kappa shape index (κ2) is 13.2. The maximum Gasteiger partial charge on any atom is 0.193 e. The van der Waals surface area contributed by atoms with Crippen molar-refractivity contribution in [2.45, 2.75) is 39.5 Å². The predicted molar refractivity (Wildman–Crippen MR) is 110 cm³/mol. The molecule has 0 saturated carbocycles. The Balaban J connectivity index is 0. The van der Waals surface area contributed by atoms with E-state index in [1.54, 1.807) is 0 Å². The van der Waals surface area contributed by atoms with E-state index in [9.17, 15) is 0 Å². The monoisotopic (exact) mass is 424 g/mol. The molecule has 0 aliphatic carbocycles. The van der Waals surface area contributed by atoms with E-state index >= 15 is 0 Å². The Hall–Kier alpha value is -0.300. The first-order valence-electron chi connectivity index (χ1n) is 8.00. The molecule has 4 nitrogen and oxygen atoms in total. The van der Waals surface area contributed by atoms with Gasteiger partial charge in [0.2, 0.25) is 0 Å². The lowest BCUT2D eigenvalue weighted by Crippen LogP contribution is -2.45. The van der Waals surface area contributed by atoms with Crippen LogP contribution in [-0.4, -0.2) is 63.6 Å². The molecule has 0 spiro atoms. The van der Waals surface area contributed by atoms with Crippen LogP contribution in [0.3, 0.4) is 0 Å². The first-order valence-corrected chi connectivity index (χ1v) is 8.00. The molecule has 0 unspecified atom stereocenters. The molecule has 0 bridgehead atoms. The molecule has 0 saturated heterocycles. The van der Waals surface area contributed by atoms with Crippen LogP contribution in [0.2, 0.25) is 0 Å². The van der Waals surface area contributed by atoms with Crippen LogP contribution < -0.4 is 5.32 Å². The Morgan fingerprint density at radius 3 is 2.32 bits per heavy atom. The summed E-state index contributed by atoms with van der Waals surface area (Å²) in [4.78, 5) is 8.84. The fourth-order valence-electron chi connectivity index (χ4n) is 2.54. The van der Waals surface area contributed by atoms with Crippen molar-refractivity contribution in [3.05, 3.63) is 12.7 Å². The minimum atomic E-state index is 0. The minimum Gasteiger partial charge on any atom is -0.356 e. The van der Waals surface area contributed by atoms with Crippen molar-refractivity contribution in [3.8, 4) is 0 Å². The van der Waals surface area contributed by atoms with Crippen LogP contribution >= 0.6 is 24.0 Å². The molecule has 0 heterocycles. The number of guanidine groups is 1. The van der Waals surface area contributed by atoms with Crippen LogP contribution in [0, 0.1) is 5.41 Å². The molecule has 1 N–H and O–H groups in total. The molecule has 0 radical (unpaired) electrons. The molecule has 0 fully saturated rings. The Morgan fingerprint density at radius 2 is 1.82 bits per heavy atom. The fourth-order valence-corrected chi connectivity index (χ4v) is 2.54. The van der Waals surface area contributed by atoms with Crippen molar-refractivity contribution < 1.29 is 0 Å². The van der Waals surface area contributed by atoms with Crippen molar-refractivity contribution in [2.24, 2.45) is 10.4 Å². The number of nitrogens with one attached hydrogen (secondary N) is 1. The zero-order valence-electron chi connectivity index (χ0n) is 15.5. The second-order valence-corrected chi connectivity index (χ2v) is 6.86. The van der Waals surface area contributed by atoms with Crippen LogP contribution in [0.5, 0.6) is 0 Å². The SMILES string of the molecule is C=CCCCCCN(C)C(=NC)NCC(C)(C)CN(C)C.I. The summed E-state index contributed by atoms with van der Waals surface area (Å²) in [7, 11) is 8.20. The van der Waals surface area contributed by atoms with E-state index in [0.29, 0.717) is 0 Å². The molecule has 0 aliphatic rings. The highest BCUT2D eigenvalue weighted by Crippen LogP contribution is 2.14. The first-order chi connectivity index (χ1) is 9.82. The number of aliphatic imine (C=N–C) groups is 1. The summed E-state index contributed by atoms with van der Waals surface area (Å²) in [5.74, 6) is 0.991. The van der Waals surface area contributed by atoms with Crippen LogP contribution in [-0.2, 0) is 0 Å². The number of halogens is 1. The molecule has 5 heteroatoms. The van der Waals surface area contributed by atoms with Gasteiger partial charge in [-0.15, -0.1) is 30.6 Å². The highest BCUT2D eigenvalue weighted by molar-refractivity contribution is 14.0. The molecular formula is C17H37IN4. The topological polar surface area (TPSA) is 30.9 Å². The van der Waals surface area contributed by atoms with E-state index < -0.39 is 0 Å². The molecule has 22 heavy (non-hydrogen) atoms. The standard InChI is InChI=1S/C17H36N4.HI/c1-8-9-10-11-12-13-21(7)16(18-4)19-14-17(2,3)15-20(5)6;/h8H,1,9-15H2,2-7H3,(H,18,19);1H. The van der Waals surface area contributed by atoms with Gasteiger partial charge in [-0.2, -0.15) is 0 Å². The Kier molecular flexibility index (Phi) is 14.3. The fraction of sp³-hybridized carbons (Fsp3) is 0.824. The normalized spacial score (nSPS) is 12.0. The molecule has 132 valence electrons. The average molecular weight is 424 g/mol. The third-order valence-corrected chi connectivity index (χ3v) is 3.44. The van der Waals surface area contributed by atoms with Gasteiger partial charge in [-0.25, -0.2) is 0 Å².